The first kappa shape index (κ1) is 18.0. The number of rotatable bonds is 5. The number of aliphatic carboxylic acids is 1. The number of benzene rings is 1. The van der Waals surface area contributed by atoms with Crippen molar-refractivity contribution in [2.75, 3.05) is 0 Å². The van der Waals surface area contributed by atoms with E-state index < -0.39 is 50.4 Å². The molecule has 1 aromatic carbocycles. The fraction of sp³-hybridized carbons (Fsp3) is 0.333. The molecule has 0 bridgehead atoms. The van der Waals surface area contributed by atoms with Crippen LogP contribution in [-0.2, 0) is 4.79 Å². The van der Waals surface area contributed by atoms with Gasteiger partial charge in [0, 0.05) is 16.0 Å². The molecule has 0 fully saturated rings. The van der Waals surface area contributed by atoms with E-state index in [1.54, 1.807) is 0 Å². The third-order valence-corrected chi connectivity index (χ3v) is 3.65. The van der Waals surface area contributed by atoms with E-state index in [1.165, 1.54) is 19.1 Å². The molecule has 0 aliphatic heterocycles. The van der Waals surface area contributed by atoms with Gasteiger partial charge in [0.1, 0.15) is 0 Å². The number of thioether (sulfide) groups is 1. The minimum absolute atomic E-state index is 0.261. The molecule has 116 valence electrons. The van der Waals surface area contributed by atoms with Crippen molar-refractivity contribution >= 4 is 39.4 Å². The maximum Gasteiger partial charge on any atom is 0.446 e. The number of halogens is 4. The number of carbonyl (C=O) groups excluding carboxylic acids is 1. The monoisotopic (exact) mass is 386 g/mol. The molecular weight excluding hydrogens is 377 g/mol. The molecule has 9 heteroatoms. The van der Waals surface area contributed by atoms with E-state index in [2.05, 4.69) is 15.9 Å². The van der Waals surface area contributed by atoms with E-state index in [0.717, 1.165) is 6.07 Å². The van der Waals surface area contributed by atoms with Crippen LogP contribution >= 0.6 is 27.7 Å². The molecule has 21 heavy (non-hydrogen) atoms. The van der Waals surface area contributed by atoms with Crippen molar-refractivity contribution in [2.45, 2.75) is 28.3 Å². The molecule has 0 saturated carbocycles. The van der Waals surface area contributed by atoms with Crippen molar-refractivity contribution in [1.82, 2.24) is 0 Å². The van der Waals surface area contributed by atoms with E-state index in [0.29, 0.717) is 0 Å². The Morgan fingerprint density at radius 1 is 1.33 bits per heavy atom. The number of aliphatic hydroxyl groups excluding tert-OH is 1. The second kappa shape index (κ2) is 6.80. The number of alkyl halides is 4. The Labute approximate surface area is 130 Å². The molecule has 1 aromatic rings. The number of carboxylic acids is 1. The van der Waals surface area contributed by atoms with Gasteiger partial charge in [0.25, 0.3) is 0 Å². The Hall–Kier alpha value is -1.06. The smallest absolute Gasteiger partial charge is 0.446 e. The fourth-order valence-corrected chi connectivity index (χ4v) is 2.57. The van der Waals surface area contributed by atoms with Gasteiger partial charge in [-0.1, -0.05) is 28.1 Å². The molecular formula is C12H10BrF3O4S. The van der Waals surface area contributed by atoms with Crippen molar-refractivity contribution in [3.05, 3.63) is 29.3 Å². The van der Waals surface area contributed by atoms with Gasteiger partial charge < -0.3 is 10.2 Å². The zero-order valence-corrected chi connectivity index (χ0v) is 12.9. The molecule has 0 aliphatic carbocycles. The second-order valence-electron chi connectivity index (χ2n) is 3.99. The van der Waals surface area contributed by atoms with Crippen LogP contribution in [0.4, 0.5) is 13.2 Å². The van der Waals surface area contributed by atoms with Crippen LogP contribution in [0, 0.1) is 0 Å². The van der Waals surface area contributed by atoms with Gasteiger partial charge in [-0.25, -0.2) is 4.79 Å². The van der Waals surface area contributed by atoms with Crippen molar-refractivity contribution in [2.24, 2.45) is 0 Å². The minimum atomic E-state index is -4.67. The lowest BCUT2D eigenvalue weighted by molar-refractivity contribution is -0.147. The van der Waals surface area contributed by atoms with Gasteiger partial charge in [-0.2, -0.15) is 13.2 Å². The summed E-state index contributed by atoms with van der Waals surface area (Å²) in [4.78, 5) is 21.6. The van der Waals surface area contributed by atoms with E-state index in [4.69, 9.17) is 5.11 Å². The quantitative estimate of drug-likeness (QED) is 0.460. The Bertz CT molecular complexity index is 560. The molecule has 2 atom stereocenters. The van der Waals surface area contributed by atoms with Crippen LogP contribution < -0.4 is 0 Å². The number of hydrogen-bond donors (Lipinski definition) is 2. The van der Waals surface area contributed by atoms with E-state index in [-0.39, 0.29) is 5.56 Å². The van der Waals surface area contributed by atoms with Crippen molar-refractivity contribution < 1.29 is 33.0 Å². The molecule has 0 spiro atoms. The van der Waals surface area contributed by atoms with Gasteiger partial charge in [-0.3, -0.25) is 4.79 Å². The van der Waals surface area contributed by atoms with Crippen LogP contribution in [0.3, 0.4) is 0 Å². The van der Waals surface area contributed by atoms with Crippen LogP contribution in [-0.4, -0.2) is 32.3 Å². The molecule has 0 saturated heterocycles. The Morgan fingerprint density at radius 3 is 2.33 bits per heavy atom. The Kier molecular flexibility index (Phi) is 5.83. The van der Waals surface area contributed by atoms with Crippen LogP contribution in [0.5, 0.6) is 0 Å². The Balaban J connectivity index is 3.48. The zero-order chi connectivity index (χ0) is 16.4. The van der Waals surface area contributed by atoms with Crippen molar-refractivity contribution in [3.63, 3.8) is 0 Å². The molecule has 2 N–H and O–H groups in total. The molecule has 0 amide bonds. The fourth-order valence-electron chi connectivity index (χ4n) is 1.59. The van der Waals surface area contributed by atoms with Gasteiger partial charge in [0.05, 0.1) is 4.83 Å². The van der Waals surface area contributed by atoms with E-state index in [1.807, 2.05) is 0 Å². The average molecular weight is 387 g/mol. The first-order chi connectivity index (χ1) is 9.54. The van der Waals surface area contributed by atoms with Crippen LogP contribution in [0.2, 0.25) is 0 Å². The maximum absolute atomic E-state index is 12.5. The van der Waals surface area contributed by atoms with Crippen molar-refractivity contribution in [1.29, 1.82) is 0 Å². The normalized spacial score (nSPS) is 14.6. The molecule has 2 unspecified atom stereocenters. The summed E-state index contributed by atoms with van der Waals surface area (Å²) in [5.41, 5.74) is -5.48. The lowest BCUT2D eigenvalue weighted by Crippen LogP contribution is -2.20. The standard InChI is InChI=1S/C12H10BrF3O4S/c1-5(13)9(17)6-3-2-4-7(21-12(14,15)16)8(6)10(18)11(19)20/h2-5,10,18H,1H3,(H,19,20). The van der Waals surface area contributed by atoms with Crippen LogP contribution in [0.1, 0.15) is 28.9 Å². The first-order valence-electron chi connectivity index (χ1n) is 5.52. The molecule has 1 rings (SSSR count). The highest BCUT2D eigenvalue weighted by molar-refractivity contribution is 9.10. The van der Waals surface area contributed by atoms with E-state index in [9.17, 15) is 27.9 Å². The van der Waals surface area contributed by atoms with Crippen molar-refractivity contribution in [3.8, 4) is 0 Å². The predicted molar refractivity (Wildman–Crippen MR) is 73.7 cm³/mol. The molecule has 0 heterocycles. The average Bonchev–Trinajstić information content (AvgIpc) is 2.34. The highest BCUT2D eigenvalue weighted by Gasteiger charge is 2.34. The lowest BCUT2D eigenvalue weighted by Gasteiger charge is -2.17. The lowest BCUT2D eigenvalue weighted by atomic mass is 9.98. The topological polar surface area (TPSA) is 74.6 Å². The zero-order valence-electron chi connectivity index (χ0n) is 10.5. The predicted octanol–water partition coefficient (Wildman–Crippen LogP) is 3.38. The summed E-state index contributed by atoms with van der Waals surface area (Å²) in [5, 5.41) is 18.5. The summed E-state index contributed by atoms with van der Waals surface area (Å²) < 4.78 is 37.6. The second-order valence-corrected chi connectivity index (χ2v) is 6.47. The van der Waals surface area contributed by atoms with Gasteiger partial charge in [-0.05, 0) is 24.8 Å². The largest absolute Gasteiger partial charge is 0.479 e. The van der Waals surface area contributed by atoms with Crippen LogP contribution in [0.15, 0.2) is 23.1 Å². The SMILES string of the molecule is CC(Br)C(=O)c1cccc(SC(F)(F)F)c1C(O)C(=O)O. The van der Waals surface area contributed by atoms with Gasteiger partial charge >= 0.3 is 11.5 Å². The maximum atomic E-state index is 12.5. The minimum Gasteiger partial charge on any atom is -0.479 e. The molecule has 0 radical (unpaired) electrons. The summed E-state index contributed by atoms with van der Waals surface area (Å²) in [6.07, 6.45) is -2.22. The summed E-state index contributed by atoms with van der Waals surface area (Å²) in [6, 6.07) is 3.39. The third kappa shape index (κ3) is 4.72. The number of aliphatic hydroxyl groups is 1. The summed E-state index contributed by atoms with van der Waals surface area (Å²) >= 11 is 2.40. The first-order valence-corrected chi connectivity index (χ1v) is 7.25. The number of hydrogen-bond acceptors (Lipinski definition) is 4. The molecule has 0 aliphatic rings. The van der Waals surface area contributed by atoms with Gasteiger partial charge in [-0.15, -0.1) is 0 Å². The highest BCUT2D eigenvalue weighted by Crippen LogP contribution is 2.41. The number of carbonyl (C=O) groups is 2. The van der Waals surface area contributed by atoms with Crippen LogP contribution in [0.25, 0.3) is 0 Å². The summed E-state index contributed by atoms with van der Waals surface area (Å²) in [7, 11) is 0. The highest BCUT2D eigenvalue weighted by atomic mass is 79.9. The van der Waals surface area contributed by atoms with Gasteiger partial charge in [0.2, 0.25) is 0 Å². The Morgan fingerprint density at radius 2 is 1.90 bits per heavy atom. The van der Waals surface area contributed by atoms with E-state index >= 15 is 0 Å². The molecule has 4 nitrogen and oxygen atoms in total. The third-order valence-electron chi connectivity index (χ3n) is 2.43. The number of Topliss-reactive ketones (excluding diaryl/α,β-unsaturated/α-hetero) is 1. The molecule has 0 aromatic heterocycles. The summed E-state index contributed by atoms with van der Waals surface area (Å²) in [5.74, 6) is -2.35. The number of ketones is 1. The summed E-state index contributed by atoms with van der Waals surface area (Å²) in [6.45, 7) is 1.45. The number of carboxylic acid groups (broad SMARTS) is 1. The van der Waals surface area contributed by atoms with Gasteiger partial charge in [0.15, 0.2) is 11.9 Å².